The Labute approximate surface area is 200 Å². The molecule has 1 heterocycles. The summed E-state index contributed by atoms with van der Waals surface area (Å²) in [5, 5.41) is 0.360. The Morgan fingerprint density at radius 2 is 1.65 bits per heavy atom. The lowest BCUT2D eigenvalue weighted by atomic mass is 10.1. The normalized spacial score (nSPS) is 10.7. The molecule has 6 nitrogen and oxygen atoms in total. The molecule has 0 aliphatic rings. The molecule has 0 atom stereocenters. The van der Waals surface area contributed by atoms with Crippen LogP contribution in [0.4, 0.5) is 4.39 Å². The standard InChI is InChI=1S/C26H21FN2O4S/c1-32-23-13-10-18(14-24(23)33-2)21-15-25(31)29(20-6-4-3-5-7-20)26(28-21)34-16-22(30)17-8-11-19(27)12-9-17/h3-15H,16H2,1-2H3. The number of halogens is 1. The van der Waals surface area contributed by atoms with Crippen LogP contribution in [0.15, 0.2) is 88.8 Å². The summed E-state index contributed by atoms with van der Waals surface area (Å²) in [6.07, 6.45) is 0. The van der Waals surface area contributed by atoms with Crippen LogP contribution in [0.5, 0.6) is 11.5 Å². The van der Waals surface area contributed by atoms with Crippen molar-refractivity contribution in [3.05, 3.63) is 101 Å². The summed E-state index contributed by atoms with van der Waals surface area (Å²) in [5.74, 6) is 0.486. The topological polar surface area (TPSA) is 70.4 Å². The van der Waals surface area contributed by atoms with Crippen molar-refractivity contribution in [3.63, 3.8) is 0 Å². The van der Waals surface area contributed by atoms with Crippen molar-refractivity contribution in [3.8, 4) is 28.4 Å². The van der Waals surface area contributed by atoms with Gasteiger partial charge in [-0.15, -0.1) is 0 Å². The first-order valence-electron chi connectivity index (χ1n) is 10.3. The van der Waals surface area contributed by atoms with Gasteiger partial charge in [-0.1, -0.05) is 30.0 Å². The van der Waals surface area contributed by atoms with E-state index < -0.39 is 5.82 Å². The van der Waals surface area contributed by atoms with Crippen molar-refractivity contribution >= 4 is 17.5 Å². The molecule has 172 valence electrons. The number of carbonyl (C=O) groups excluding carboxylic acids is 1. The van der Waals surface area contributed by atoms with E-state index in [1.807, 2.05) is 18.2 Å². The number of Topliss-reactive ketones (excluding diaryl/α,β-unsaturated/α-hetero) is 1. The van der Waals surface area contributed by atoms with E-state index in [4.69, 9.17) is 14.5 Å². The van der Waals surface area contributed by atoms with Crippen molar-refractivity contribution in [2.75, 3.05) is 20.0 Å². The fourth-order valence-electron chi connectivity index (χ4n) is 3.37. The van der Waals surface area contributed by atoms with Crippen LogP contribution in [0, 0.1) is 5.82 Å². The van der Waals surface area contributed by atoms with Crippen LogP contribution in [-0.4, -0.2) is 35.3 Å². The van der Waals surface area contributed by atoms with Gasteiger partial charge in [0.25, 0.3) is 5.56 Å². The number of ketones is 1. The lowest BCUT2D eigenvalue weighted by Gasteiger charge is -2.14. The smallest absolute Gasteiger partial charge is 0.259 e. The number of aromatic nitrogens is 2. The summed E-state index contributed by atoms with van der Waals surface area (Å²) in [4.78, 5) is 30.6. The van der Waals surface area contributed by atoms with Gasteiger partial charge >= 0.3 is 0 Å². The highest BCUT2D eigenvalue weighted by Gasteiger charge is 2.16. The number of para-hydroxylation sites is 1. The Bertz CT molecular complexity index is 1370. The van der Waals surface area contributed by atoms with Gasteiger partial charge in [0.15, 0.2) is 22.4 Å². The average molecular weight is 477 g/mol. The van der Waals surface area contributed by atoms with Crippen molar-refractivity contribution in [1.29, 1.82) is 0 Å². The van der Waals surface area contributed by atoms with E-state index in [1.165, 1.54) is 42.0 Å². The monoisotopic (exact) mass is 476 g/mol. The molecule has 34 heavy (non-hydrogen) atoms. The van der Waals surface area contributed by atoms with E-state index in [0.717, 1.165) is 11.8 Å². The first-order chi connectivity index (χ1) is 16.5. The van der Waals surface area contributed by atoms with Crippen LogP contribution in [-0.2, 0) is 0 Å². The highest BCUT2D eigenvalue weighted by atomic mass is 32.2. The molecule has 0 spiro atoms. The van der Waals surface area contributed by atoms with Crippen LogP contribution in [0.2, 0.25) is 0 Å². The summed E-state index contributed by atoms with van der Waals surface area (Å²) in [6, 6.07) is 21.2. The van der Waals surface area contributed by atoms with E-state index in [1.54, 1.807) is 37.4 Å². The maximum atomic E-state index is 13.2. The number of rotatable bonds is 8. The second-order valence-electron chi connectivity index (χ2n) is 7.22. The fourth-order valence-corrected chi connectivity index (χ4v) is 4.28. The molecule has 0 radical (unpaired) electrons. The molecule has 0 aliphatic heterocycles. The third kappa shape index (κ3) is 5.02. The van der Waals surface area contributed by atoms with Gasteiger partial charge in [-0.3, -0.25) is 14.2 Å². The second-order valence-corrected chi connectivity index (χ2v) is 8.16. The zero-order valence-corrected chi connectivity index (χ0v) is 19.3. The predicted octanol–water partition coefficient (Wildman–Crippen LogP) is 5.03. The number of methoxy groups -OCH3 is 2. The third-order valence-corrected chi connectivity index (χ3v) is 6.02. The molecule has 0 N–H and O–H groups in total. The summed E-state index contributed by atoms with van der Waals surface area (Å²) < 4.78 is 25.3. The van der Waals surface area contributed by atoms with Crippen LogP contribution >= 0.6 is 11.8 Å². The maximum Gasteiger partial charge on any atom is 0.259 e. The van der Waals surface area contributed by atoms with Crippen LogP contribution in [0.25, 0.3) is 16.9 Å². The van der Waals surface area contributed by atoms with Crippen molar-refractivity contribution in [1.82, 2.24) is 9.55 Å². The molecule has 0 saturated heterocycles. The van der Waals surface area contributed by atoms with Gasteiger partial charge in [0.05, 0.1) is 31.4 Å². The lowest BCUT2D eigenvalue weighted by molar-refractivity contribution is 0.102. The van der Waals surface area contributed by atoms with Gasteiger partial charge in [0, 0.05) is 17.2 Å². The average Bonchev–Trinajstić information content (AvgIpc) is 2.87. The van der Waals surface area contributed by atoms with Gasteiger partial charge in [0.1, 0.15) is 5.82 Å². The summed E-state index contributed by atoms with van der Waals surface area (Å²) in [6.45, 7) is 0. The minimum atomic E-state index is -0.411. The van der Waals surface area contributed by atoms with Crippen molar-refractivity contribution in [2.24, 2.45) is 0 Å². The molecule has 0 fully saturated rings. The lowest BCUT2D eigenvalue weighted by Crippen LogP contribution is -2.21. The number of hydrogen-bond donors (Lipinski definition) is 0. The first kappa shape index (κ1) is 23.3. The molecule has 0 aliphatic carbocycles. The van der Waals surface area contributed by atoms with Crippen LogP contribution < -0.4 is 15.0 Å². The van der Waals surface area contributed by atoms with Gasteiger partial charge in [0.2, 0.25) is 0 Å². The van der Waals surface area contributed by atoms with Crippen molar-refractivity contribution in [2.45, 2.75) is 5.16 Å². The number of carbonyl (C=O) groups is 1. The minimum Gasteiger partial charge on any atom is -0.493 e. The van der Waals surface area contributed by atoms with Crippen LogP contribution in [0.1, 0.15) is 10.4 Å². The van der Waals surface area contributed by atoms with E-state index in [-0.39, 0.29) is 17.1 Å². The number of nitrogens with zero attached hydrogens (tertiary/aromatic N) is 2. The van der Waals surface area contributed by atoms with Gasteiger partial charge in [-0.05, 0) is 54.6 Å². The Hall–Kier alpha value is -3.91. The predicted molar refractivity (Wildman–Crippen MR) is 130 cm³/mol. The zero-order chi connectivity index (χ0) is 24.1. The number of thioether (sulfide) groups is 1. The minimum absolute atomic E-state index is 0.0281. The molecule has 3 aromatic carbocycles. The highest BCUT2D eigenvalue weighted by Crippen LogP contribution is 2.32. The summed E-state index contributed by atoms with van der Waals surface area (Å²) >= 11 is 1.14. The molecule has 0 amide bonds. The first-order valence-corrected chi connectivity index (χ1v) is 11.3. The fraction of sp³-hybridized carbons (Fsp3) is 0.115. The quantitative estimate of drug-likeness (QED) is 0.202. The van der Waals surface area contributed by atoms with Gasteiger partial charge in [-0.25, -0.2) is 9.37 Å². The molecular formula is C26H21FN2O4S. The van der Waals surface area contributed by atoms with E-state index in [0.29, 0.717) is 39.2 Å². The Morgan fingerprint density at radius 3 is 2.32 bits per heavy atom. The van der Waals surface area contributed by atoms with Crippen molar-refractivity contribution < 1.29 is 18.7 Å². The van der Waals surface area contributed by atoms with Crippen LogP contribution in [0.3, 0.4) is 0 Å². The Balaban J connectivity index is 1.74. The number of hydrogen-bond acceptors (Lipinski definition) is 6. The van der Waals surface area contributed by atoms with Gasteiger partial charge < -0.3 is 9.47 Å². The molecular weight excluding hydrogens is 455 g/mol. The molecule has 0 unspecified atom stereocenters. The molecule has 4 rings (SSSR count). The summed E-state index contributed by atoms with van der Waals surface area (Å²) in [7, 11) is 3.08. The molecule has 0 bridgehead atoms. The zero-order valence-electron chi connectivity index (χ0n) is 18.5. The van der Waals surface area contributed by atoms with E-state index in [2.05, 4.69) is 0 Å². The molecule has 8 heteroatoms. The maximum absolute atomic E-state index is 13.2. The highest BCUT2D eigenvalue weighted by molar-refractivity contribution is 7.99. The molecule has 0 saturated carbocycles. The third-order valence-electron chi connectivity index (χ3n) is 5.08. The molecule has 1 aromatic heterocycles. The largest absolute Gasteiger partial charge is 0.493 e. The number of benzene rings is 3. The Kier molecular flexibility index (Phi) is 7.08. The summed E-state index contributed by atoms with van der Waals surface area (Å²) in [5.41, 5.74) is 1.84. The second kappa shape index (κ2) is 10.4. The molecule has 4 aromatic rings. The Morgan fingerprint density at radius 1 is 0.941 bits per heavy atom. The SMILES string of the molecule is COc1ccc(-c2cc(=O)n(-c3ccccc3)c(SCC(=O)c3ccc(F)cc3)n2)cc1OC. The van der Waals surface area contributed by atoms with Gasteiger partial charge in [-0.2, -0.15) is 0 Å². The van der Waals surface area contributed by atoms with E-state index in [9.17, 15) is 14.0 Å². The van der Waals surface area contributed by atoms with E-state index >= 15 is 0 Å². The number of ether oxygens (including phenoxy) is 2.